The van der Waals surface area contributed by atoms with Crippen molar-refractivity contribution in [1.82, 2.24) is 15.4 Å². The quantitative estimate of drug-likeness (QED) is 0.257. The number of amides is 1. The van der Waals surface area contributed by atoms with Gasteiger partial charge in [-0.25, -0.2) is 15.4 Å². The lowest BCUT2D eigenvalue weighted by molar-refractivity contribution is 0.0956. The van der Waals surface area contributed by atoms with Crippen LogP contribution in [-0.2, 0) is 0 Å². The molecule has 5 rings (SSSR count). The highest BCUT2D eigenvalue weighted by Crippen LogP contribution is 2.28. The van der Waals surface area contributed by atoms with Crippen molar-refractivity contribution in [3.05, 3.63) is 120 Å². The molecule has 1 aromatic heterocycles. The van der Waals surface area contributed by atoms with E-state index in [2.05, 4.69) is 15.8 Å². The summed E-state index contributed by atoms with van der Waals surface area (Å²) in [4.78, 5) is 22.4. The van der Waals surface area contributed by atoms with E-state index in [0.717, 1.165) is 22.0 Å². The number of nitrogens with zero attached hydrogens (tertiary/aromatic N) is 3. The number of carbonyl (C=O) groups is 1. The minimum absolute atomic E-state index is 0.322. The predicted molar refractivity (Wildman–Crippen MR) is 136 cm³/mol. The number of rotatable bonds is 6. The first kappa shape index (κ1) is 21.0. The van der Waals surface area contributed by atoms with Gasteiger partial charge in [-0.05, 0) is 29.8 Å². The van der Waals surface area contributed by atoms with Gasteiger partial charge >= 0.3 is 0 Å². The van der Waals surface area contributed by atoms with Crippen LogP contribution in [-0.4, -0.2) is 22.1 Å². The lowest BCUT2D eigenvalue weighted by Crippen LogP contribution is -2.19. The molecule has 0 unspecified atom stereocenters. The summed E-state index contributed by atoms with van der Waals surface area (Å²) in [5, 5.41) is 8.30. The van der Waals surface area contributed by atoms with Crippen LogP contribution in [0.25, 0.3) is 22.3 Å². The number of anilines is 2. The molecular weight excluding hydrogens is 422 g/mol. The van der Waals surface area contributed by atoms with E-state index in [1.54, 1.807) is 12.3 Å². The molecule has 1 heterocycles. The van der Waals surface area contributed by atoms with Crippen LogP contribution < -0.4 is 10.7 Å². The van der Waals surface area contributed by atoms with Gasteiger partial charge in [0.15, 0.2) is 5.82 Å². The minimum Gasteiger partial charge on any atom is -0.339 e. The van der Waals surface area contributed by atoms with Crippen LogP contribution in [0.5, 0.6) is 0 Å². The van der Waals surface area contributed by atoms with Crippen molar-refractivity contribution >= 4 is 34.5 Å². The first-order valence-corrected chi connectivity index (χ1v) is 10.8. The summed E-state index contributed by atoms with van der Waals surface area (Å²) in [6, 6.07) is 34.5. The van der Waals surface area contributed by atoms with Gasteiger partial charge in [0.05, 0.1) is 23.0 Å². The van der Waals surface area contributed by atoms with Gasteiger partial charge in [0.1, 0.15) is 5.82 Å². The lowest BCUT2D eigenvalue weighted by Gasteiger charge is -2.13. The number of para-hydroxylation sites is 2. The van der Waals surface area contributed by atoms with E-state index in [4.69, 9.17) is 9.97 Å². The lowest BCUT2D eigenvalue weighted by atomic mass is 10.1. The molecule has 0 aliphatic carbocycles. The fraction of sp³-hybridized carbons (Fsp3) is 0. The molecule has 0 bridgehead atoms. The zero-order valence-electron chi connectivity index (χ0n) is 18.2. The number of benzene rings is 4. The van der Waals surface area contributed by atoms with Crippen LogP contribution in [0.15, 0.2) is 114 Å². The Morgan fingerprint density at radius 1 is 0.735 bits per heavy atom. The van der Waals surface area contributed by atoms with Gasteiger partial charge in [-0.15, -0.1) is 0 Å². The van der Waals surface area contributed by atoms with Gasteiger partial charge in [0, 0.05) is 10.9 Å². The maximum Gasteiger partial charge on any atom is 0.273 e. The summed E-state index contributed by atoms with van der Waals surface area (Å²) in [5.74, 6) is 0.908. The van der Waals surface area contributed by atoms with E-state index in [9.17, 15) is 4.79 Å². The van der Waals surface area contributed by atoms with Crippen LogP contribution >= 0.6 is 0 Å². The molecule has 0 spiro atoms. The van der Waals surface area contributed by atoms with Crippen molar-refractivity contribution in [2.24, 2.45) is 5.10 Å². The molecule has 0 atom stereocenters. The number of nitrogens with one attached hydrogen (secondary N) is 2. The zero-order chi connectivity index (χ0) is 23.2. The molecule has 0 aliphatic heterocycles. The smallest absolute Gasteiger partial charge is 0.273 e. The zero-order valence-corrected chi connectivity index (χ0v) is 18.2. The molecule has 34 heavy (non-hydrogen) atoms. The van der Waals surface area contributed by atoms with Crippen molar-refractivity contribution in [2.75, 3.05) is 5.32 Å². The molecule has 0 fully saturated rings. The number of fused-ring (bicyclic) bond motifs is 1. The molecule has 0 saturated heterocycles. The van der Waals surface area contributed by atoms with E-state index in [0.29, 0.717) is 22.9 Å². The predicted octanol–water partition coefficient (Wildman–Crippen LogP) is 5.80. The summed E-state index contributed by atoms with van der Waals surface area (Å²) in [5.41, 5.74) is 6.31. The highest BCUT2D eigenvalue weighted by Gasteiger charge is 2.14. The first-order valence-electron chi connectivity index (χ1n) is 10.8. The molecule has 6 heteroatoms. The summed E-state index contributed by atoms with van der Waals surface area (Å²) in [6.07, 6.45) is 1.61. The minimum atomic E-state index is -0.322. The Hall–Kier alpha value is -4.84. The number of hydrazone groups is 1. The Morgan fingerprint density at radius 3 is 2.24 bits per heavy atom. The number of hydrogen-bond acceptors (Lipinski definition) is 5. The Labute approximate surface area is 197 Å². The third-order valence-corrected chi connectivity index (χ3v) is 5.24. The molecule has 0 saturated carbocycles. The monoisotopic (exact) mass is 443 g/mol. The average Bonchev–Trinajstić information content (AvgIpc) is 2.90. The second-order valence-corrected chi connectivity index (χ2v) is 7.56. The van der Waals surface area contributed by atoms with E-state index < -0.39 is 0 Å². The van der Waals surface area contributed by atoms with Gasteiger partial charge in [-0.3, -0.25) is 4.79 Å². The molecule has 4 aromatic carbocycles. The SMILES string of the molecule is O=C(N/N=C/c1ccccc1)c1ccccc1Nc1nc(-c2ccccc2)nc2ccccc12. The van der Waals surface area contributed by atoms with Crippen molar-refractivity contribution in [1.29, 1.82) is 0 Å². The molecule has 1 amide bonds. The molecular formula is C28H21N5O. The summed E-state index contributed by atoms with van der Waals surface area (Å²) < 4.78 is 0. The fourth-order valence-corrected chi connectivity index (χ4v) is 3.57. The van der Waals surface area contributed by atoms with E-state index >= 15 is 0 Å². The fourth-order valence-electron chi connectivity index (χ4n) is 3.57. The summed E-state index contributed by atoms with van der Waals surface area (Å²) >= 11 is 0. The van der Waals surface area contributed by atoms with Crippen LogP contribution in [0.3, 0.4) is 0 Å². The van der Waals surface area contributed by atoms with Crippen molar-refractivity contribution in [2.45, 2.75) is 0 Å². The molecule has 2 N–H and O–H groups in total. The van der Waals surface area contributed by atoms with E-state index in [1.807, 2.05) is 103 Å². The largest absolute Gasteiger partial charge is 0.339 e. The molecule has 6 nitrogen and oxygen atoms in total. The van der Waals surface area contributed by atoms with Crippen molar-refractivity contribution in [3.8, 4) is 11.4 Å². The Kier molecular flexibility index (Phi) is 6.03. The number of hydrogen-bond donors (Lipinski definition) is 2. The van der Waals surface area contributed by atoms with Crippen LogP contribution in [0, 0.1) is 0 Å². The second kappa shape index (κ2) is 9.75. The van der Waals surface area contributed by atoms with E-state index in [1.165, 1.54) is 0 Å². The van der Waals surface area contributed by atoms with Crippen molar-refractivity contribution < 1.29 is 4.79 Å². The molecule has 0 aliphatic rings. The van der Waals surface area contributed by atoms with Crippen molar-refractivity contribution in [3.63, 3.8) is 0 Å². The summed E-state index contributed by atoms with van der Waals surface area (Å²) in [6.45, 7) is 0. The van der Waals surface area contributed by atoms with Gasteiger partial charge in [-0.1, -0.05) is 84.9 Å². The van der Waals surface area contributed by atoms with Gasteiger partial charge in [0.2, 0.25) is 0 Å². The van der Waals surface area contributed by atoms with Gasteiger partial charge < -0.3 is 5.32 Å². The molecule has 5 aromatic rings. The highest BCUT2D eigenvalue weighted by atomic mass is 16.2. The number of aromatic nitrogens is 2. The van der Waals surface area contributed by atoms with Crippen LogP contribution in [0.1, 0.15) is 15.9 Å². The Bertz CT molecular complexity index is 1470. The van der Waals surface area contributed by atoms with Gasteiger partial charge in [-0.2, -0.15) is 5.10 Å². The average molecular weight is 444 g/mol. The number of carbonyl (C=O) groups excluding carboxylic acids is 1. The third-order valence-electron chi connectivity index (χ3n) is 5.24. The molecule has 164 valence electrons. The molecule has 0 radical (unpaired) electrons. The first-order chi connectivity index (χ1) is 16.8. The highest BCUT2D eigenvalue weighted by molar-refractivity contribution is 6.02. The third kappa shape index (κ3) is 4.66. The van der Waals surface area contributed by atoms with E-state index in [-0.39, 0.29) is 5.91 Å². The second-order valence-electron chi connectivity index (χ2n) is 7.56. The standard InChI is InChI=1S/C28H21N5O/c34-28(33-29-19-20-11-3-1-4-12-20)23-16-8-10-18-25(23)31-27-22-15-7-9-17-24(22)30-26(32-27)21-13-5-2-6-14-21/h1-19H,(H,33,34)(H,30,31,32)/b29-19+. The maximum absolute atomic E-state index is 12.9. The Morgan fingerprint density at radius 2 is 1.41 bits per heavy atom. The van der Waals surface area contributed by atoms with Crippen LogP contribution in [0.2, 0.25) is 0 Å². The van der Waals surface area contributed by atoms with Crippen LogP contribution in [0.4, 0.5) is 11.5 Å². The topological polar surface area (TPSA) is 79.3 Å². The maximum atomic E-state index is 12.9. The normalized spacial score (nSPS) is 10.9. The van der Waals surface area contributed by atoms with Gasteiger partial charge in [0.25, 0.3) is 5.91 Å². The summed E-state index contributed by atoms with van der Waals surface area (Å²) in [7, 11) is 0. The Balaban J connectivity index is 1.47.